The van der Waals surface area contributed by atoms with Crippen molar-refractivity contribution in [3.05, 3.63) is 23.8 Å². The predicted octanol–water partition coefficient (Wildman–Crippen LogP) is 5.58. The molecule has 1 unspecified atom stereocenters. The molecule has 0 spiro atoms. The molecule has 2 nitrogen and oxygen atoms in total. The Labute approximate surface area is 156 Å². The molecule has 1 rings (SSSR count). The second-order valence-electron chi connectivity index (χ2n) is 5.86. The van der Waals surface area contributed by atoms with E-state index in [1.54, 1.807) is 0 Å². The van der Waals surface area contributed by atoms with Crippen LogP contribution in [0.25, 0.3) is 0 Å². The third kappa shape index (κ3) is 3.43. The van der Waals surface area contributed by atoms with Gasteiger partial charge in [-0.05, 0) is 5.57 Å². The van der Waals surface area contributed by atoms with Crippen molar-refractivity contribution >= 4 is 10.2 Å². The van der Waals surface area contributed by atoms with Crippen molar-refractivity contribution in [3.8, 4) is 0 Å². The van der Waals surface area contributed by atoms with Gasteiger partial charge in [0.25, 0.3) is 0 Å². The third-order valence-corrected chi connectivity index (χ3v) is 5.57. The van der Waals surface area contributed by atoms with E-state index in [2.05, 4.69) is 0 Å². The maximum absolute atomic E-state index is 14.4. The van der Waals surface area contributed by atoms with Gasteiger partial charge in [-0.2, -0.15) is 61.1 Å². The summed E-state index contributed by atoms with van der Waals surface area (Å²) in [5, 5.41) is 0. The molecule has 0 aromatic carbocycles. The van der Waals surface area contributed by atoms with Crippen LogP contribution in [0.15, 0.2) is 23.8 Å². The Morgan fingerprint density at radius 1 is 0.700 bits per heavy atom. The minimum absolute atomic E-state index is 0.683. The van der Waals surface area contributed by atoms with Crippen molar-refractivity contribution in [3.63, 3.8) is 0 Å². The van der Waals surface area contributed by atoms with Gasteiger partial charge in [0, 0.05) is 6.42 Å². The maximum Gasteiger partial charge on any atom is 0.435 e. The van der Waals surface area contributed by atoms with Gasteiger partial charge in [-0.25, -0.2) is 8.78 Å². The molecule has 0 saturated carbocycles. The average Bonchev–Trinajstić information content (AvgIpc) is 2.47. The highest BCUT2D eigenvalue weighted by molar-refractivity contribution is 7.88. The van der Waals surface area contributed by atoms with Crippen LogP contribution in [0, 0.1) is 0 Å². The lowest BCUT2D eigenvalue weighted by atomic mass is 9.75. The third-order valence-electron chi connectivity index (χ3n) is 4.14. The zero-order valence-corrected chi connectivity index (χ0v) is 14.1. The number of halogens is 15. The van der Waals surface area contributed by atoms with Crippen LogP contribution >= 0.6 is 0 Å². The van der Waals surface area contributed by atoms with E-state index in [1.165, 1.54) is 0 Å². The Balaban J connectivity index is 4.03. The molecular weight excluding hydrogens is 493 g/mol. The summed E-state index contributed by atoms with van der Waals surface area (Å²) in [5.41, 5.74) is -17.2. The summed E-state index contributed by atoms with van der Waals surface area (Å²) in [7, 11) is -7.64. The Hall–Kier alpha value is -1.62. The van der Waals surface area contributed by atoms with Crippen molar-refractivity contribution in [1.29, 1.82) is 0 Å². The Bertz CT molecular complexity index is 811. The summed E-state index contributed by atoms with van der Waals surface area (Å²) in [6, 6.07) is 0. The van der Waals surface area contributed by atoms with E-state index in [9.17, 15) is 73.8 Å². The minimum Gasteiger partial charge on any atom is -0.221 e. The van der Waals surface area contributed by atoms with E-state index in [4.69, 9.17) is 0 Å². The summed E-state index contributed by atoms with van der Waals surface area (Å²) in [4.78, 5) is 0. The number of alkyl halides is 14. The van der Waals surface area contributed by atoms with Gasteiger partial charge < -0.3 is 0 Å². The van der Waals surface area contributed by atoms with Gasteiger partial charge in [-0.15, -0.1) is 3.89 Å². The predicted molar refractivity (Wildman–Crippen MR) is 66.5 cm³/mol. The zero-order chi connectivity index (χ0) is 24.4. The summed E-state index contributed by atoms with van der Waals surface area (Å²) in [6.45, 7) is 0. The summed E-state index contributed by atoms with van der Waals surface area (Å²) < 4.78 is 213. The molecule has 0 aliphatic heterocycles. The lowest BCUT2D eigenvalue weighted by molar-refractivity contribution is -0.350. The number of rotatable bonds is 3. The smallest absolute Gasteiger partial charge is 0.221 e. The Morgan fingerprint density at radius 2 is 1.07 bits per heavy atom. The normalized spacial score (nSPS) is 22.8. The van der Waals surface area contributed by atoms with Crippen LogP contribution in [0.4, 0.5) is 65.4 Å². The molecule has 0 N–H and O–H groups in total. The second-order valence-corrected chi connectivity index (χ2v) is 7.47. The van der Waals surface area contributed by atoms with Crippen molar-refractivity contribution < 1.29 is 73.8 Å². The van der Waals surface area contributed by atoms with Crippen LogP contribution in [0.3, 0.4) is 0 Å². The first-order valence-electron chi connectivity index (χ1n) is 6.79. The first kappa shape index (κ1) is 26.4. The SMILES string of the molecule is O=S(=O)(F)C1(C(F)(C(F)(F)F)C(F)(F)F)C=CC=C(C(F)(C(F)(F)F)C(F)(F)F)C1. The van der Waals surface area contributed by atoms with Crippen molar-refractivity contribution in [2.45, 2.75) is 47.2 Å². The maximum atomic E-state index is 14.4. The van der Waals surface area contributed by atoms with E-state index in [0.717, 1.165) is 0 Å². The summed E-state index contributed by atoms with van der Waals surface area (Å²) >= 11 is 0. The molecule has 1 aliphatic rings. The first-order chi connectivity index (χ1) is 12.8. The molecular formula is C12H5F15O2S. The number of allylic oxidation sites excluding steroid dienone is 3. The minimum atomic E-state index is -7.64. The average molecular weight is 498 g/mol. The largest absolute Gasteiger partial charge is 0.435 e. The van der Waals surface area contributed by atoms with E-state index < -0.39 is 81.2 Å². The van der Waals surface area contributed by atoms with Crippen LogP contribution in [0.1, 0.15) is 6.42 Å². The quantitative estimate of drug-likeness (QED) is 0.377. The molecule has 176 valence electrons. The van der Waals surface area contributed by atoms with Crippen molar-refractivity contribution in [1.82, 2.24) is 0 Å². The van der Waals surface area contributed by atoms with Gasteiger partial charge in [-0.3, -0.25) is 0 Å². The lowest BCUT2D eigenvalue weighted by Gasteiger charge is -2.45. The summed E-state index contributed by atoms with van der Waals surface area (Å²) in [6.07, 6.45) is -35.0. The van der Waals surface area contributed by atoms with Crippen LogP contribution < -0.4 is 0 Å². The molecule has 0 radical (unpaired) electrons. The van der Waals surface area contributed by atoms with E-state index in [1.807, 2.05) is 0 Å². The van der Waals surface area contributed by atoms with Crippen LogP contribution in [-0.2, 0) is 10.2 Å². The monoisotopic (exact) mass is 498 g/mol. The van der Waals surface area contributed by atoms with Gasteiger partial charge in [0.2, 0.25) is 0 Å². The lowest BCUT2D eigenvalue weighted by Crippen LogP contribution is -2.70. The molecule has 0 aromatic rings. The first-order valence-corrected chi connectivity index (χ1v) is 8.17. The molecule has 0 fully saturated rings. The van der Waals surface area contributed by atoms with Crippen LogP contribution in [-0.4, -0.2) is 49.2 Å². The molecule has 1 aliphatic carbocycles. The van der Waals surface area contributed by atoms with Gasteiger partial charge in [0.1, 0.15) is 0 Å². The molecule has 0 aromatic heterocycles. The van der Waals surface area contributed by atoms with E-state index in [0.29, 0.717) is 0 Å². The second kappa shape index (κ2) is 6.69. The molecule has 18 heteroatoms. The fraction of sp³-hybridized carbons (Fsp3) is 0.667. The van der Waals surface area contributed by atoms with Gasteiger partial charge in [0.15, 0.2) is 4.75 Å². The summed E-state index contributed by atoms with van der Waals surface area (Å²) in [5.74, 6) is 0. The molecule has 0 heterocycles. The fourth-order valence-corrected chi connectivity index (χ4v) is 3.83. The molecule has 30 heavy (non-hydrogen) atoms. The number of hydrogen-bond donors (Lipinski definition) is 0. The van der Waals surface area contributed by atoms with Crippen molar-refractivity contribution in [2.24, 2.45) is 0 Å². The standard InChI is InChI=1S/C12H5F15O2S/c13-7(9(15,16)17,10(18,19)20)5-2-1-3-6(4-5,30(27,28)29)8(14,11(21,22)23)12(24,25)26/h1-3H,4H2. The van der Waals surface area contributed by atoms with Gasteiger partial charge in [-0.1, -0.05) is 18.2 Å². The van der Waals surface area contributed by atoms with E-state index >= 15 is 0 Å². The van der Waals surface area contributed by atoms with Gasteiger partial charge >= 0.3 is 46.3 Å². The highest BCUT2D eigenvalue weighted by Crippen LogP contribution is 2.61. The molecule has 0 saturated heterocycles. The van der Waals surface area contributed by atoms with E-state index in [-0.39, 0.29) is 0 Å². The molecule has 1 atom stereocenters. The topological polar surface area (TPSA) is 34.1 Å². The highest BCUT2D eigenvalue weighted by Gasteiger charge is 2.86. The highest BCUT2D eigenvalue weighted by atomic mass is 32.3. The van der Waals surface area contributed by atoms with Crippen LogP contribution in [0.2, 0.25) is 0 Å². The molecule has 0 amide bonds. The van der Waals surface area contributed by atoms with Crippen molar-refractivity contribution in [2.75, 3.05) is 0 Å². The Kier molecular flexibility index (Phi) is 5.89. The van der Waals surface area contributed by atoms with Gasteiger partial charge in [0.05, 0.1) is 0 Å². The molecule has 0 bridgehead atoms. The fourth-order valence-electron chi connectivity index (χ4n) is 2.69. The number of hydrogen-bond acceptors (Lipinski definition) is 2. The zero-order valence-electron chi connectivity index (χ0n) is 13.3. The Morgan fingerprint density at radius 3 is 1.33 bits per heavy atom. The van der Waals surface area contributed by atoms with Crippen LogP contribution in [0.5, 0.6) is 0 Å².